The lowest BCUT2D eigenvalue weighted by molar-refractivity contribution is -0.115. The maximum absolute atomic E-state index is 15.0. The summed E-state index contributed by atoms with van der Waals surface area (Å²) in [4.78, 5) is 31.1. The number of nitrogens with zero attached hydrogens (tertiary/aromatic N) is 3. The molecule has 9 nitrogen and oxygen atoms in total. The zero-order valence-corrected chi connectivity index (χ0v) is 21.0. The number of aromatic hydroxyl groups is 1. The highest BCUT2D eigenvalue weighted by molar-refractivity contribution is 5.96. The number of carbonyl (C=O) groups excluding carboxylic acids is 2. The second-order valence-electron chi connectivity index (χ2n) is 10.1. The number of nitriles is 1. The van der Waals surface area contributed by atoms with Crippen LogP contribution in [0.3, 0.4) is 0 Å². The highest BCUT2D eigenvalue weighted by atomic mass is 19.1. The van der Waals surface area contributed by atoms with Crippen molar-refractivity contribution in [1.29, 1.82) is 5.26 Å². The van der Waals surface area contributed by atoms with Crippen molar-refractivity contribution in [2.24, 2.45) is 0 Å². The number of halogens is 1. The molecule has 3 rings (SSSR count). The summed E-state index contributed by atoms with van der Waals surface area (Å²) in [7, 11) is 0. The molecule has 10 heteroatoms. The number of hydrogen-bond donors (Lipinski definition) is 3. The normalized spacial score (nSPS) is 14.7. The fourth-order valence-electron chi connectivity index (χ4n) is 4.07. The third kappa shape index (κ3) is 6.99. The maximum atomic E-state index is 15.0. The first-order valence-electron chi connectivity index (χ1n) is 11.7. The Balaban J connectivity index is 1.68. The van der Waals surface area contributed by atoms with Crippen molar-refractivity contribution in [2.75, 3.05) is 38.2 Å². The molecule has 0 aliphatic carbocycles. The maximum Gasteiger partial charge on any atom is 0.271 e. The molecular weight excluding hydrogens is 465 g/mol. The van der Waals surface area contributed by atoms with Crippen molar-refractivity contribution in [2.45, 2.75) is 45.1 Å². The van der Waals surface area contributed by atoms with Gasteiger partial charge in [-0.25, -0.2) is 4.39 Å². The minimum absolute atomic E-state index is 0.0202. The third-order valence-corrected chi connectivity index (χ3v) is 5.95. The fraction of sp³-hybridized carbons (Fsp3) is 0.462. The van der Waals surface area contributed by atoms with Crippen LogP contribution in [0.1, 0.15) is 49.3 Å². The molecule has 1 aromatic carbocycles. The van der Waals surface area contributed by atoms with Gasteiger partial charge in [0.15, 0.2) is 0 Å². The van der Waals surface area contributed by atoms with E-state index in [0.29, 0.717) is 31.0 Å². The van der Waals surface area contributed by atoms with E-state index >= 15 is 0 Å². The average molecular weight is 498 g/mol. The van der Waals surface area contributed by atoms with E-state index in [1.165, 1.54) is 30.5 Å². The van der Waals surface area contributed by atoms with E-state index in [2.05, 4.69) is 20.5 Å². The number of phenolic OH excluding ortho intramolecular Hbond substituents is 1. The summed E-state index contributed by atoms with van der Waals surface area (Å²) in [5.41, 5.74) is -0.758. The minimum atomic E-state index is -1.08. The molecule has 36 heavy (non-hydrogen) atoms. The van der Waals surface area contributed by atoms with Crippen molar-refractivity contribution >= 4 is 17.5 Å². The summed E-state index contributed by atoms with van der Waals surface area (Å²) in [5, 5.41) is 24.9. The van der Waals surface area contributed by atoms with Gasteiger partial charge in [0.1, 0.15) is 22.8 Å². The molecule has 2 heterocycles. The Morgan fingerprint density at radius 2 is 1.92 bits per heavy atom. The number of rotatable bonds is 8. The van der Waals surface area contributed by atoms with Crippen LogP contribution in [0.15, 0.2) is 30.5 Å². The average Bonchev–Trinajstić information content (AvgIpc) is 2.81. The van der Waals surface area contributed by atoms with Gasteiger partial charge in [0.05, 0.1) is 25.7 Å². The summed E-state index contributed by atoms with van der Waals surface area (Å²) in [6.45, 7) is 10.5. The first-order chi connectivity index (χ1) is 16.9. The van der Waals surface area contributed by atoms with E-state index < -0.39 is 28.6 Å². The summed E-state index contributed by atoms with van der Waals surface area (Å²) >= 11 is 0. The van der Waals surface area contributed by atoms with Crippen LogP contribution in [0.5, 0.6) is 5.75 Å². The standard InChI is InChI=1S/C26H32FN5O4/c1-25(2,16-32-7-9-36-10-8-32)19-14-20(27)17(11-22(19)33)12-23(34)30-18-5-6-29-21(13-18)24(35)31-26(3,4)15-28/h5-6,11,13-14,33H,7-10,12,16H2,1-4H3,(H,31,35)(H,29,30,34). The Hall–Kier alpha value is -3.55. The topological polar surface area (TPSA) is 128 Å². The van der Waals surface area contributed by atoms with Gasteiger partial charge >= 0.3 is 0 Å². The number of benzene rings is 1. The Morgan fingerprint density at radius 3 is 2.58 bits per heavy atom. The quantitative estimate of drug-likeness (QED) is 0.512. The lowest BCUT2D eigenvalue weighted by Gasteiger charge is -2.35. The molecular formula is C26H32FN5O4. The highest BCUT2D eigenvalue weighted by Crippen LogP contribution is 2.34. The number of pyridine rings is 1. The van der Waals surface area contributed by atoms with Gasteiger partial charge in [0, 0.05) is 48.1 Å². The van der Waals surface area contributed by atoms with Crippen molar-refractivity contribution in [3.8, 4) is 11.8 Å². The zero-order chi connectivity index (χ0) is 26.5. The molecule has 1 saturated heterocycles. The van der Waals surface area contributed by atoms with Gasteiger partial charge in [0.2, 0.25) is 5.91 Å². The molecule has 0 saturated carbocycles. The second-order valence-corrected chi connectivity index (χ2v) is 10.1. The molecule has 0 unspecified atom stereocenters. The number of ether oxygens (including phenoxy) is 1. The molecule has 2 aromatic rings. The lowest BCUT2D eigenvalue weighted by atomic mass is 9.82. The van der Waals surface area contributed by atoms with Crippen LogP contribution in [0.2, 0.25) is 0 Å². The monoisotopic (exact) mass is 497 g/mol. The SMILES string of the molecule is CC(C)(C#N)NC(=O)c1cc(NC(=O)Cc2cc(O)c(C(C)(C)CN3CCOCC3)cc2F)ccn1. The molecule has 1 aliphatic heterocycles. The summed E-state index contributed by atoms with van der Waals surface area (Å²) in [5.74, 6) is -1.74. The summed E-state index contributed by atoms with van der Waals surface area (Å²) in [6, 6.07) is 7.42. The summed E-state index contributed by atoms with van der Waals surface area (Å²) < 4.78 is 20.4. The smallest absolute Gasteiger partial charge is 0.271 e. The Labute approximate surface area is 210 Å². The van der Waals surface area contributed by atoms with Crippen molar-refractivity contribution in [3.63, 3.8) is 0 Å². The van der Waals surface area contributed by atoms with Crippen LogP contribution in [0.4, 0.5) is 10.1 Å². The number of nitrogens with one attached hydrogen (secondary N) is 2. The molecule has 0 radical (unpaired) electrons. The fourth-order valence-corrected chi connectivity index (χ4v) is 4.07. The predicted octanol–water partition coefficient (Wildman–Crippen LogP) is 2.75. The molecule has 192 valence electrons. The van der Waals surface area contributed by atoms with Crippen LogP contribution in [-0.4, -0.2) is 65.2 Å². The first-order valence-corrected chi connectivity index (χ1v) is 11.7. The van der Waals surface area contributed by atoms with Crippen molar-refractivity contribution < 1.29 is 23.8 Å². The van der Waals surface area contributed by atoms with Gasteiger partial charge in [0.25, 0.3) is 5.91 Å². The third-order valence-electron chi connectivity index (χ3n) is 5.95. The molecule has 3 N–H and O–H groups in total. The van der Waals surface area contributed by atoms with Crippen LogP contribution >= 0.6 is 0 Å². The second kappa shape index (κ2) is 11.0. The van der Waals surface area contributed by atoms with Gasteiger partial charge < -0.3 is 20.5 Å². The number of hydrogen-bond acceptors (Lipinski definition) is 7. The Bertz CT molecular complexity index is 1170. The number of amides is 2. The number of aromatic nitrogens is 1. The predicted molar refractivity (Wildman–Crippen MR) is 132 cm³/mol. The molecule has 0 spiro atoms. The van der Waals surface area contributed by atoms with E-state index in [9.17, 15) is 19.1 Å². The highest BCUT2D eigenvalue weighted by Gasteiger charge is 2.29. The van der Waals surface area contributed by atoms with Gasteiger partial charge in [-0.1, -0.05) is 13.8 Å². The van der Waals surface area contributed by atoms with Crippen molar-refractivity contribution in [1.82, 2.24) is 15.2 Å². The number of morpholine rings is 1. The van der Waals surface area contributed by atoms with E-state index in [-0.39, 0.29) is 23.4 Å². The van der Waals surface area contributed by atoms with E-state index in [1.54, 1.807) is 13.8 Å². The summed E-state index contributed by atoms with van der Waals surface area (Å²) in [6.07, 6.45) is 1.04. The first kappa shape index (κ1) is 27.0. The molecule has 0 atom stereocenters. The van der Waals surface area contributed by atoms with E-state index in [0.717, 1.165) is 13.1 Å². The van der Waals surface area contributed by atoms with Crippen LogP contribution < -0.4 is 10.6 Å². The molecule has 1 fully saturated rings. The number of carbonyl (C=O) groups is 2. The molecule has 2 amide bonds. The van der Waals surface area contributed by atoms with Gasteiger partial charge in [-0.15, -0.1) is 0 Å². The van der Waals surface area contributed by atoms with Crippen LogP contribution in [0.25, 0.3) is 0 Å². The minimum Gasteiger partial charge on any atom is -0.508 e. The molecule has 1 aliphatic rings. The van der Waals surface area contributed by atoms with Crippen molar-refractivity contribution in [3.05, 3.63) is 53.1 Å². The van der Waals surface area contributed by atoms with Gasteiger partial charge in [-0.2, -0.15) is 5.26 Å². The van der Waals surface area contributed by atoms with Crippen LogP contribution in [0, 0.1) is 17.1 Å². The number of phenols is 1. The Kier molecular flexibility index (Phi) is 8.28. The zero-order valence-electron chi connectivity index (χ0n) is 21.0. The molecule has 1 aromatic heterocycles. The van der Waals surface area contributed by atoms with E-state index in [4.69, 9.17) is 10.00 Å². The van der Waals surface area contributed by atoms with E-state index in [1.807, 2.05) is 19.9 Å². The molecule has 0 bridgehead atoms. The lowest BCUT2D eigenvalue weighted by Crippen LogP contribution is -2.43. The number of anilines is 1. The van der Waals surface area contributed by atoms with Crippen LogP contribution in [-0.2, 0) is 21.4 Å². The Morgan fingerprint density at radius 1 is 1.22 bits per heavy atom. The largest absolute Gasteiger partial charge is 0.508 e. The van der Waals surface area contributed by atoms with Gasteiger partial charge in [-0.05, 0) is 38.1 Å². The van der Waals surface area contributed by atoms with Gasteiger partial charge in [-0.3, -0.25) is 19.5 Å².